The lowest BCUT2D eigenvalue weighted by atomic mass is 10.1. The summed E-state index contributed by atoms with van der Waals surface area (Å²) in [5.41, 5.74) is 2.34. The summed E-state index contributed by atoms with van der Waals surface area (Å²) in [6.07, 6.45) is 4.10. The predicted octanol–water partition coefficient (Wildman–Crippen LogP) is 4.75. The van der Waals surface area contributed by atoms with Crippen LogP contribution in [0, 0.1) is 0 Å². The summed E-state index contributed by atoms with van der Waals surface area (Å²) < 4.78 is 12.0. The minimum atomic E-state index is -1.99. The maximum atomic E-state index is 6.21. The Balaban J connectivity index is 2.65. The van der Waals surface area contributed by atoms with Crippen LogP contribution in [0.2, 0.25) is 12.1 Å². The molecule has 0 atom stereocenters. The molecule has 0 aromatic heterocycles. The van der Waals surface area contributed by atoms with Crippen molar-refractivity contribution in [2.24, 2.45) is 0 Å². The van der Waals surface area contributed by atoms with Gasteiger partial charge in [0.25, 0.3) is 0 Å². The molecule has 3 heteroatoms. The monoisotopic (exact) mass is 278 g/mol. The van der Waals surface area contributed by atoms with E-state index in [4.69, 9.17) is 8.85 Å². The van der Waals surface area contributed by atoms with Gasteiger partial charge in [0.05, 0.1) is 6.61 Å². The molecule has 0 N–H and O–H groups in total. The van der Waals surface area contributed by atoms with Gasteiger partial charge in [0.1, 0.15) is 0 Å². The van der Waals surface area contributed by atoms with Crippen molar-refractivity contribution >= 4 is 14.6 Å². The summed E-state index contributed by atoms with van der Waals surface area (Å²) in [5.74, 6) is 0. The lowest BCUT2D eigenvalue weighted by Gasteiger charge is -2.28. The van der Waals surface area contributed by atoms with E-state index in [0.29, 0.717) is 6.61 Å². The van der Waals surface area contributed by atoms with Gasteiger partial charge < -0.3 is 8.85 Å². The standard InChI is InChI=1S/C16H26O2Si/c1-5-12-19(17-4,13-6-2)18-14-16-10-8-15(7-3)9-11-16/h7-11H,3,5-6,12-14H2,1-2,4H3. The van der Waals surface area contributed by atoms with E-state index in [0.717, 1.165) is 30.5 Å². The topological polar surface area (TPSA) is 18.5 Å². The molecule has 0 fully saturated rings. The highest BCUT2D eigenvalue weighted by molar-refractivity contribution is 6.67. The van der Waals surface area contributed by atoms with Crippen LogP contribution in [0.5, 0.6) is 0 Å². The van der Waals surface area contributed by atoms with Crippen LogP contribution in [0.1, 0.15) is 37.8 Å². The first-order valence-corrected chi connectivity index (χ1v) is 9.33. The van der Waals surface area contributed by atoms with E-state index in [1.165, 1.54) is 5.56 Å². The molecule has 0 saturated carbocycles. The molecule has 0 aliphatic heterocycles. The fourth-order valence-electron chi connectivity index (χ4n) is 2.26. The van der Waals surface area contributed by atoms with Crippen LogP contribution in [0.25, 0.3) is 6.08 Å². The number of benzene rings is 1. The van der Waals surface area contributed by atoms with Crippen LogP contribution in [0.3, 0.4) is 0 Å². The van der Waals surface area contributed by atoms with Crippen LogP contribution in [-0.4, -0.2) is 15.7 Å². The zero-order chi connectivity index (χ0) is 14.1. The molecule has 1 rings (SSSR count). The number of hydrogen-bond donors (Lipinski definition) is 0. The Hall–Kier alpha value is -0.903. The quantitative estimate of drug-likeness (QED) is 0.607. The van der Waals surface area contributed by atoms with Crippen LogP contribution >= 0.6 is 0 Å². The van der Waals surface area contributed by atoms with Crippen molar-refractivity contribution in [3.63, 3.8) is 0 Å². The van der Waals surface area contributed by atoms with Gasteiger partial charge in [-0.2, -0.15) is 0 Å². The smallest absolute Gasteiger partial charge is 0.338 e. The van der Waals surface area contributed by atoms with E-state index >= 15 is 0 Å². The van der Waals surface area contributed by atoms with Gasteiger partial charge in [0.15, 0.2) is 0 Å². The van der Waals surface area contributed by atoms with Gasteiger partial charge in [0, 0.05) is 7.11 Å². The first-order chi connectivity index (χ1) is 9.19. The number of rotatable bonds is 9. The summed E-state index contributed by atoms with van der Waals surface area (Å²) >= 11 is 0. The maximum Gasteiger partial charge on any atom is 0.338 e. The summed E-state index contributed by atoms with van der Waals surface area (Å²) in [5, 5.41) is 0. The Bertz CT molecular complexity index is 367. The van der Waals surface area contributed by atoms with Crippen LogP contribution in [0.4, 0.5) is 0 Å². The second-order valence-electron chi connectivity index (χ2n) is 4.85. The third-order valence-electron chi connectivity index (χ3n) is 3.35. The van der Waals surface area contributed by atoms with Gasteiger partial charge >= 0.3 is 8.56 Å². The normalized spacial score (nSPS) is 11.5. The molecular formula is C16H26O2Si. The molecule has 0 spiro atoms. The minimum Gasteiger partial charge on any atom is -0.398 e. The molecule has 1 aromatic carbocycles. The van der Waals surface area contributed by atoms with Crippen molar-refractivity contribution in [1.29, 1.82) is 0 Å². The zero-order valence-corrected chi connectivity index (χ0v) is 13.4. The third-order valence-corrected chi connectivity index (χ3v) is 7.29. The van der Waals surface area contributed by atoms with Crippen molar-refractivity contribution in [3.05, 3.63) is 42.0 Å². The molecule has 0 radical (unpaired) electrons. The molecule has 0 amide bonds. The van der Waals surface area contributed by atoms with Crippen molar-refractivity contribution < 1.29 is 8.85 Å². The second-order valence-corrected chi connectivity index (χ2v) is 8.37. The first-order valence-electron chi connectivity index (χ1n) is 7.10. The van der Waals surface area contributed by atoms with Gasteiger partial charge in [-0.3, -0.25) is 0 Å². The lowest BCUT2D eigenvalue weighted by Crippen LogP contribution is -2.40. The molecule has 106 valence electrons. The Kier molecular flexibility index (Phi) is 7.06. The van der Waals surface area contributed by atoms with E-state index in [1.807, 2.05) is 6.08 Å². The van der Waals surface area contributed by atoms with E-state index in [9.17, 15) is 0 Å². The van der Waals surface area contributed by atoms with Crippen LogP contribution in [0.15, 0.2) is 30.8 Å². The van der Waals surface area contributed by atoms with Crippen molar-refractivity contribution in [3.8, 4) is 0 Å². The largest absolute Gasteiger partial charge is 0.398 e. The van der Waals surface area contributed by atoms with E-state index in [-0.39, 0.29) is 0 Å². The van der Waals surface area contributed by atoms with Crippen LogP contribution in [-0.2, 0) is 15.5 Å². The molecular weight excluding hydrogens is 252 g/mol. The summed E-state index contributed by atoms with van der Waals surface area (Å²) in [7, 11) is -0.190. The second kappa shape index (κ2) is 8.30. The molecule has 0 bridgehead atoms. The number of hydrogen-bond acceptors (Lipinski definition) is 2. The molecule has 0 aliphatic carbocycles. The molecule has 0 saturated heterocycles. The Morgan fingerprint density at radius 2 is 1.68 bits per heavy atom. The maximum absolute atomic E-state index is 6.21. The van der Waals surface area contributed by atoms with Gasteiger partial charge in [-0.05, 0) is 23.2 Å². The van der Waals surface area contributed by atoms with E-state index in [2.05, 4.69) is 44.7 Å². The highest BCUT2D eigenvalue weighted by atomic mass is 28.4. The van der Waals surface area contributed by atoms with Gasteiger partial charge in [-0.25, -0.2) is 0 Å². The lowest BCUT2D eigenvalue weighted by molar-refractivity contribution is 0.188. The van der Waals surface area contributed by atoms with Crippen molar-refractivity contribution in [2.45, 2.75) is 45.4 Å². The minimum absolute atomic E-state index is 0.650. The molecule has 1 aromatic rings. The Morgan fingerprint density at radius 1 is 1.11 bits per heavy atom. The van der Waals surface area contributed by atoms with Gasteiger partial charge in [-0.15, -0.1) is 0 Å². The highest BCUT2D eigenvalue weighted by Gasteiger charge is 2.34. The fraction of sp³-hybridized carbons (Fsp3) is 0.500. The van der Waals surface area contributed by atoms with Gasteiger partial charge in [-0.1, -0.05) is 63.6 Å². The highest BCUT2D eigenvalue weighted by Crippen LogP contribution is 2.23. The Morgan fingerprint density at radius 3 is 2.11 bits per heavy atom. The fourth-order valence-corrected chi connectivity index (χ4v) is 5.28. The van der Waals surface area contributed by atoms with E-state index in [1.54, 1.807) is 7.11 Å². The third kappa shape index (κ3) is 4.94. The van der Waals surface area contributed by atoms with Crippen LogP contribution < -0.4 is 0 Å². The average molecular weight is 278 g/mol. The first kappa shape index (κ1) is 16.2. The predicted molar refractivity (Wildman–Crippen MR) is 84.3 cm³/mol. The molecule has 0 aliphatic rings. The van der Waals surface area contributed by atoms with E-state index < -0.39 is 8.56 Å². The van der Waals surface area contributed by atoms with Crippen molar-refractivity contribution in [1.82, 2.24) is 0 Å². The summed E-state index contributed by atoms with van der Waals surface area (Å²) in [6, 6.07) is 10.5. The zero-order valence-electron chi connectivity index (χ0n) is 12.4. The SMILES string of the molecule is C=Cc1ccc(CO[Si](CCC)(CCC)OC)cc1. The summed E-state index contributed by atoms with van der Waals surface area (Å²) in [4.78, 5) is 0. The molecule has 0 unspecified atom stereocenters. The van der Waals surface area contributed by atoms with Crippen molar-refractivity contribution in [2.75, 3.05) is 7.11 Å². The summed E-state index contributed by atoms with van der Waals surface area (Å²) in [6.45, 7) is 8.80. The Labute approximate surface area is 118 Å². The molecule has 0 heterocycles. The average Bonchev–Trinajstić information content (AvgIpc) is 2.46. The molecule has 2 nitrogen and oxygen atoms in total. The molecule has 19 heavy (non-hydrogen) atoms. The van der Waals surface area contributed by atoms with Gasteiger partial charge in [0.2, 0.25) is 0 Å².